The summed E-state index contributed by atoms with van der Waals surface area (Å²) >= 11 is 1.30. The van der Waals surface area contributed by atoms with E-state index in [-0.39, 0.29) is 5.91 Å². The van der Waals surface area contributed by atoms with E-state index >= 15 is 0 Å². The van der Waals surface area contributed by atoms with Crippen LogP contribution in [0.4, 0.5) is 0 Å². The van der Waals surface area contributed by atoms with Crippen molar-refractivity contribution < 1.29 is 9.21 Å². The predicted molar refractivity (Wildman–Crippen MR) is 123 cm³/mol. The van der Waals surface area contributed by atoms with Crippen molar-refractivity contribution in [3.63, 3.8) is 0 Å². The molecule has 0 aliphatic carbocycles. The largest absolute Gasteiger partial charge is 0.411 e. The summed E-state index contributed by atoms with van der Waals surface area (Å²) in [5.74, 6) is 0.910. The second-order valence-electron chi connectivity index (χ2n) is 7.96. The molecule has 1 saturated heterocycles. The highest BCUT2D eigenvalue weighted by molar-refractivity contribution is 7.99. The van der Waals surface area contributed by atoms with Crippen LogP contribution in [0.3, 0.4) is 0 Å². The summed E-state index contributed by atoms with van der Waals surface area (Å²) in [7, 11) is 0. The average molecular weight is 437 g/mol. The number of carbonyl (C=O) groups excluding carboxylic acids is 1. The van der Waals surface area contributed by atoms with Gasteiger partial charge in [-0.05, 0) is 49.6 Å². The minimum atomic E-state index is 0.114. The van der Waals surface area contributed by atoms with Crippen molar-refractivity contribution >= 4 is 17.7 Å². The van der Waals surface area contributed by atoms with E-state index in [9.17, 15) is 4.79 Å². The Balaban J connectivity index is 1.27. The molecule has 0 bridgehead atoms. The van der Waals surface area contributed by atoms with Gasteiger partial charge >= 0.3 is 0 Å². The molecule has 2 aromatic carbocycles. The lowest BCUT2D eigenvalue weighted by molar-refractivity contribution is -0.130. The van der Waals surface area contributed by atoms with Gasteiger partial charge < -0.3 is 9.32 Å². The molecule has 1 aliphatic heterocycles. The molecule has 0 saturated carbocycles. The van der Waals surface area contributed by atoms with Gasteiger partial charge in [0.1, 0.15) is 0 Å². The number of aromatic nitrogens is 2. The van der Waals surface area contributed by atoms with Gasteiger partial charge in [0.05, 0.1) is 5.75 Å². The van der Waals surface area contributed by atoms with E-state index in [1.54, 1.807) is 0 Å². The van der Waals surface area contributed by atoms with E-state index in [0.29, 0.717) is 22.9 Å². The van der Waals surface area contributed by atoms with Crippen LogP contribution in [0.15, 0.2) is 58.2 Å². The molecular formula is C24H28N4O2S. The molecule has 0 spiro atoms. The number of piperazine rings is 1. The topological polar surface area (TPSA) is 62.5 Å². The van der Waals surface area contributed by atoms with Crippen molar-refractivity contribution in [1.82, 2.24) is 20.0 Å². The fourth-order valence-electron chi connectivity index (χ4n) is 3.77. The summed E-state index contributed by atoms with van der Waals surface area (Å²) in [5, 5.41) is 8.66. The van der Waals surface area contributed by atoms with Crippen molar-refractivity contribution in [3.8, 4) is 11.5 Å². The number of amides is 1. The van der Waals surface area contributed by atoms with Crippen LogP contribution in [-0.4, -0.2) is 57.8 Å². The number of hydrogen-bond donors (Lipinski definition) is 0. The summed E-state index contributed by atoms with van der Waals surface area (Å²) in [6, 6.07) is 16.9. The minimum absolute atomic E-state index is 0.114. The Hall–Kier alpha value is -2.64. The molecular weight excluding hydrogens is 408 g/mol. The highest BCUT2D eigenvalue weighted by Gasteiger charge is 2.25. The lowest BCUT2D eigenvalue weighted by Crippen LogP contribution is -2.49. The van der Waals surface area contributed by atoms with E-state index in [1.807, 2.05) is 29.2 Å². The third-order valence-corrected chi connectivity index (χ3v) is 6.78. The number of aryl methyl sites for hydroxylation is 2. The predicted octanol–water partition coefficient (Wildman–Crippen LogP) is 4.35. The minimum Gasteiger partial charge on any atom is -0.411 e. The van der Waals surface area contributed by atoms with Gasteiger partial charge in [-0.3, -0.25) is 9.69 Å². The summed E-state index contributed by atoms with van der Waals surface area (Å²) in [5.41, 5.74) is 4.62. The maximum absolute atomic E-state index is 12.7. The van der Waals surface area contributed by atoms with E-state index in [0.717, 1.165) is 31.7 Å². The monoisotopic (exact) mass is 436 g/mol. The SMILES string of the molecule is Cc1ccc(-c2nnc(SCC(=O)N3CCN(C(C)c4ccccc4)CC3)o2)cc1C. The first-order valence-electron chi connectivity index (χ1n) is 10.6. The van der Waals surface area contributed by atoms with E-state index in [4.69, 9.17) is 4.42 Å². The zero-order valence-electron chi connectivity index (χ0n) is 18.2. The third-order valence-electron chi connectivity index (χ3n) is 5.98. The van der Waals surface area contributed by atoms with Gasteiger partial charge in [0.25, 0.3) is 5.22 Å². The van der Waals surface area contributed by atoms with Crippen LogP contribution < -0.4 is 0 Å². The van der Waals surface area contributed by atoms with Crippen molar-refractivity contribution in [2.45, 2.75) is 32.0 Å². The average Bonchev–Trinajstić information content (AvgIpc) is 3.28. The molecule has 162 valence electrons. The Bertz CT molecular complexity index is 1030. The molecule has 0 N–H and O–H groups in total. The number of hydrogen-bond acceptors (Lipinski definition) is 6. The van der Waals surface area contributed by atoms with E-state index in [2.05, 4.69) is 60.1 Å². The van der Waals surface area contributed by atoms with Crippen molar-refractivity contribution in [2.75, 3.05) is 31.9 Å². The molecule has 1 atom stereocenters. The highest BCUT2D eigenvalue weighted by Crippen LogP contribution is 2.26. The van der Waals surface area contributed by atoms with Crippen molar-refractivity contribution in [2.24, 2.45) is 0 Å². The Morgan fingerprint density at radius 2 is 1.77 bits per heavy atom. The van der Waals surface area contributed by atoms with Gasteiger partial charge in [0, 0.05) is 37.8 Å². The maximum Gasteiger partial charge on any atom is 0.277 e. The first-order chi connectivity index (χ1) is 15.0. The zero-order chi connectivity index (χ0) is 21.8. The standard InChI is InChI=1S/C24H28N4O2S/c1-17-9-10-21(15-18(17)2)23-25-26-24(30-23)31-16-22(29)28-13-11-27(12-14-28)19(3)20-7-5-4-6-8-20/h4-10,15,19H,11-14,16H2,1-3H3. The van der Waals surface area contributed by atoms with Crippen LogP contribution in [0.2, 0.25) is 0 Å². The van der Waals surface area contributed by atoms with Crippen LogP contribution in [0.5, 0.6) is 0 Å². The van der Waals surface area contributed by atoms with Gasteiger partial charge in [0.15, 0.2) is 0 Å². The van der Waals surface area contributed by atoms with Crippen LogP contribution in [0.1, 0.15) is 29.7 Å². The first-order valence-corrected chi connectivity index (χ1v) is 11.6. The molecule has 6 nitrogen and oxygen atoms in total. The van der Waals surface area contributed by atoms with Gasteiger partial charge in [-0.2, -0.15) is 0 Å². The van der Waals surface area contributed by atoms with Crippen LogP contribution in [0, 0.1) is 13.8 Å². The molecule has 4 rings (SSSR count). The molecule has 1 fully saturated rings. The summed E-state index contributed by atoms with van der Waals surface area (Å²) in [4.78, 5) is 17.0. The Morgan fingerprint density at radius 3 is 2.48 bits per heavy atom. The van der Waals surface area contributed by atoms with E-state index in [1.165, 1.54) is 28.5 Å². The Labute approximate surface area is 187 Å². The fourth-order valence-corrected chi connectivity index (χ4v) is 4.44. The molecule has 31 heavy (non-hydrogen) atoms. The number of nitrogens with zero attached hydrogens (tertiary/aromatic N) is 4. The highest BCUT2D eigenvalue weighted by atomic mass is 32.2. The number of carbonyl (C=O) groups is 1. The lowest BCUT2D eigenvalue weighted by atomic mass is 10.1. The smallest absolute Gasteiger partial charge is 0.277 e. The molecule has 1 aliphatic rings. The van der Waals surface area contributed by atoms with Gasteiger partial charge in [-0.25, -0.2) is 0 Å². The fraction of sp³-hybridized carbons (Fsp3) is 0.375. The summed E-state index contributed by atoms with van der Waals surface area (Å²) in [6.45, 7) is 9.60. The van der Waals surface area contributed by atoms with E-state index < -0.39 is 0 Å². The summed E-state index contributed by atoms with van der Waals surface area (Å²) < 4.78 is 5.76. The quantitative estimate of drug-likeness (QED) is 0.536. The van der Waals surface area contributed by atoms with Crippen molar-refractivity contribution in [1.29, 1.82) is 0 Å². The molecule has 7 heteroatoms. The van der Waals surface area contributed by atoms with Gasteiger partial charge in [-0.1, -0.05) is 48.2 Å². The molecule has 0 radical (unpaired) electrons. The zero-order valence-corrected chi connectivity index (χ0v) is 19.1. The summed E-state index contributed by atoms with van der Waals surface area (Å²) in [6.07, 6.45) is 0. The molecule has 1 unspecified atom stereocenters. The Morgan fingerprint density at radius 1 is 1.03 bits per heavy atom. The second-order valence-corrected chi connectivity index (χ2v) is 8.89. The molecule has 1 amide bonds. The molecule has 2 heterocycles. The first kappa shape index (κ1) is 21.6. The lowest BCUT2D eigenvalue weighted by Gasteiger charge is -2.38. The van der Waals surface area contributed by atoms with Gasteiger partial charge in [0.2, 0.25) is 11.8 Å². The maximum atomic E-state index is 12.7. The molecule has 3 aromatic rings. The van der Waals surface area contributed by atoms with Crippen LogP contribution >= 0.6 is 11.8 Å². The number of benzene rings is 2. The van der Waals surface area contributed by atoms with Crippen LogP contribution in [0.25, 0.3) is 11.5 Å². The number of rotatable bonds is 6. The Kier molecular flexibility index (Phi) is 6.73. The van der Waals surface area contributed by atoms with Gasteiger partial charge in [-0.15, -0.1) is 10.2 Å². The van der Waals surface area contributed by atoms with Crippen LogP contribution in [-0.2, 0) is 4.79 Å². The number of thioether (sulfide) groups is 1. The normalized spacial score (nSPS) is 15.8. The van der Waals surface area contributed by atoms with Crippen molar-refractivity contribution in [3.05, 3.63) is 65.2 Å². The second kappa shape index (κ2) is 9.66. The molecule has 1 aromatic heterocycles. The third kappa shape index (κ3) is 5.17.